The van der Waals surface area contributed by atoms with Crippen LogP contribution < -0.4 is 5.32 Å². The maximum Gasteiger partial charge on any atom is 0.0323 e. The highest BCUT2D eigenvalue weighted by Crippen LogP contribution is 2.24. The first-order valence-electron chi connectivity index (χ1n) is 6.63. The minimum absolute atomic E-state index is 0.509. The van der Waals surface area contributed by atoms with Crippen molar-refractivity contribution in [1.82, 2.24) is 10.2 Å². The molecule has 2 nitrogen and oxygen atoms in total. The molecule has 0 amide bonds. The quantitative estimate of drug-likeness (QED) is 0.843. The van der Waals surface area contributed by atoms with Gasteiger partial charge in [0.1, 0.15) is 0 Å². The summed E-state index contributed by atoms with van der Waals surface area (Å²) in [6.07, 6.45) is 0. The molecule has 0 bridgehead atoms. The van der Waals surface area contributed by atoms with Crippen LogP contribution in [0.2, 0.25) is 0 Å². The van der Waals surface area contributed by atoms with E-state index in [1.165, 1.54) is 11.1 Å². The lowest BCUT2D eigenvalue weighted by atomic mass is 10.0. The van der Waals surface area contributed by atoms with Gasteiger partial charge in [-0.05, 0) is 33.3 Å². The van der Waals surface area contributed by atoms with Crippen molar-refractivity contribution in [3.63, 3.8) is 0 Å². The van der Waals surface area contributed by atoms with Crippen molar-refractivity contribution in [2.24, 2.45) is 0 Å². The Morgan fingerprint density at radius 2 is 1.88 bits per heavy atom. The summed E-state index contributed by atoms with van der Waals surface area (Å²) in [7, 11) is 0. The Morgan fingerprint density at radius 1 is 1.24 bits per heavy atom. The molecule has 1 aromatic rings. The van der Waals surface area contributed by atoms with Crippen molar-refractivity contribution in [3.05, 3.63) is 35.4 Å². The van der Waals surface area contributed by atoms with Gasteiger partial charge in [-0.1, -0.05) is 29.8 Å². The van der Waals surface area contributed by atoms with Gasteiger partial charge in [-0.3, -0.25) is 4.90 Å². The molecular formula is C15H24N2. The average Bonchev–Trinajstić information content (AvgIpc) is 2.32. The fraction of sp³-hybridized carbons (Fsp3) is 0.600. The van der Waals surface area contributed by atoms with Crippen molar-refractivity contribution in [2.75, 3.05) is 13.1 Å². The average molecular weight is 232 g/mol. The van der Waals surface area contributed by atoms with Crippen molar-refractivity contribution >= 4 is 0 Å². The molecule has 2 rings (SSSR count). The number of hydrogen-bond donors (Lipinski definition) is 1. The molecule has 0 spiro atoms. The van der Waals surface area contributed by atoms with Gasteiger partial charge in [0, 0.05) is 31.2 Å². The molecule has 1 aliphatic rings. The Bertz CT molecular complexity index is 358. The van der Waals surface area contributed by atoms with Gasteiger partial charge < -0.3 is 5.32 Å². The highest BCUT2D eigenvalue weighted by molar-refractivity contribution is 5.24. The third-order valence-corrected chi connectivity index (χ3v) is 3.87. The van der Waals surface area contributed by atoms with E-state index in [0.717, 1.165) is 13.1 Å². The van der Waals surface area contributed by atoms with Crippen LogP contribution in [0.5, 0.6) is 0 Å². The molecule has 0 radical (unpaired) electrons. The van der Waals surface area contributed by atoms with Crippen molar-refractivity contribution in [1.29, 1.82) is 0 Å². The van der Waals surface area contributed by atoms with Crippen LogP contribution in [0.25, 0.3) is 0 Å². The molecule has 1 heterocycles. The van der Waals surface area contributed by atoms with Gasteiger partial charge >= 0.3 is 0 Å². The summed E-state index contributed by atoms with van der Waals surface area (Å²) in [5.74, 6) is 0. The Balaban J connectivity index is 2.12. The van der Waals surface area contributed by atoms with Crippen molar-refractivity contribution < 1.29 is 0 Å². The molecule has 1 saturated heterocycles. The van der Waals surface area contributed by atoms with Crippen LogP contribution in [0.15, 0.2) is 24.3 Å². The number of nitrogens with one attached hydrogen (secondary N) is 1. The fourth-order valence-corrected chi connectivity index (χ4v) is 2.63. The number of rotatable bonds is 2. The third kappa shape index (κ3) is 2.88. The van der Waals surface area contributed by atoms with Gasteiger partial charge in [0.25, 0.3) is 0 Å². The van der Waals surface area contributed by atoms with E-state index in [2.05, 4.69) is 62.2 Å². The Morgan fingerprint density at radius 3 is 2.53 bits per heavy atom. The predicted octanol–water partition coefficient (Wildman–Crippen LogP) is 2.74. The molecular weight excluding hydrogens is 208 g/mol. The van der Waals surface area contributed by atoms with E-state index in [0.29, 0.717) is 18.1 Å². The van der Waals surface area contributed by atoms with E-state index in [1.807, 2.05) is 0 Å². The van der Waals surface area contributed by atoms with Crippen LogP contribution in [0, 0.1) is 6.92 Å². The second-order valence-corrected chi connectivity index (χ2v) is 5.44. The summed E-state index contributed by atoms with van der Waals surface area (Å²) < 4.78 is 0. The lowest BCUT2D eigenvalue weighted by Crippen LogP contribution is -2.54. The zero-order valence-corrected chi connectivity index (χ0v) is 11.4. The zero-order valence-electron chi connectivity index (χ0n) is 11.4. The number of benzene rings is 1. The highest BCUT2D eigenvalue weighted by Gasteiger charge is 2.26. The Labute approximate surface area is 105 Å². The van der Waals surface area contributed by atoms with Gasteiger partial charge in [-0.25, -0.2) is 0 Å². The molecule has 1 aliphatic heterocycles. The summed E-state index contributed by atoms with van der Waals surface area (Å²) in [4.78, 5) is 2.60. The minimum Gasteiger partial charge on any atom is -0.311 e. The van der Waals surface area contributed by atoms with Crippen LogP contribution in [0.1, 0.15) is 37.9 Å². The van der Waals surface area contributed by atoms with Gasteiger partial charge in [-0.2, -0.15) is 0 Å². The zero-order chi connectivity index (χ0) is 12.4. The topological polar surface area (TPSA) is 15.3 Å². The van der Waals surface area contributed by atoms with E-state index in [4.69, 9.17) is 0 Å². The fourth-order valence-electron chi connectivity index (χ4n) is 2.63. The van der Waals surface area contributed by atoms with Crippen LogP contribution in [0.4, 0.5) is 0 Å². The highest BCUT2D eigenvalue weighted by atomic mass is 15.2. The van der Waals surface area contributed by atoms with E-state index >= 15 is 0 Å². The Kier molecular flexibility index (Phi) is 3.85. The van der Waals surface area contributed by atoms with Crippen LogP contribution in [-0.2, 0) is 0 Å². The van der Waals surface area contributed by atoms with Crippen LogP contribution in [0.3, 0.4) is 0 Å². The molecule has 1 N–H and O–H groups in total. The summed E-state index contributed by atoms with van der Waals surface area (Å²) in [6.45, 7) is 11.3. The summed E-state index contributed by atoms with van der Waals surface area (Å²) in [5.41, 5.74) is 2.76. The molecule has 0 saturated carbocycles. The molecule has 1 fully saturated rings. The van der Waals surface area contributed by atoms with Crippen LogP contribution >= 0.6 is 0 Å². The maximum atomic E-state index is 3.54. The van der Waals surface area contributed by atoms with Gasteiger partial charge in [-0.15, -0.1) is 0 Å². The van der Waals surface area contributed by atoms with Gasteiger partial charge in [0.05, 0.1) is 0 Å². The maximum absolute atomic E-state index is 3.54. The first-order chi connectivity index (χ1) is 8.08. The van der Waals surface area contributed by atoms with Gasteiger partial charge in [0.15, 0.2) is 0 Å². The standard InChI is InChI=1S/C15H24N2/c1-11-5-7-15(8-6-11)14(4)17-10-12(2)16-9-13(17)3/h5-8,12-14,16H,9-10H2,1-4H3. The minimum atomic E-state index is 0.509. The molecule has 1 aromatic carbocycles. The summed E-state index contributed by atoms with van der Waals surface area (Å²) in [5, 5.41) is 3.54. The SMILES string of the molecule is Cc1ccc(C(C)N2CC(C)NCC2C)cc1. The van der Waals surface area contributed by atoms with E-state index in [-0.39, 0.29) is 0 Å². The molecule has 17 heavy (non-hydrogen) atoms. The first kappa shape index (κ1) is 12.6. The van der Waals surface area contributed by atoms with Crippen molar-refractivity contribution in [3.8, 4) is 0 Å². The molecule has 94 valence electrons. The normalized spacial score (nSPS) is 28.0. The molecule has 3 atom stereocenters. The molecule has 3 unspecified atom stereocenters. The second-order valence-electron chi connectivity index (χ2n) is 5.44. The molecule has 0 aliphatic carbocycles. The van der Waals surface area contributed by atoms with E-state index in [9.17, 15) is 0 Å². The molecule has 0 aromatic heterocycles. The van der Waals surface area contributed by atoms with E-state index < -0.39 is 0 Å². The smallest absolute Gasteiger partial charge is 0.0323 e. The second kappa shape index (κ2) is 5.19. The lowest BCUT2D eigenvalue weighted by Gasteiger charge is -2.41. The van der Waals surface area contributed by atoms with Crippen LogP contribution in [-0.4, -0.2) is 30.1 Å². The number of aryl methyl sites for hydroxylation is 1. The lowest BCUT2D eigenvalue weighted by molar-refractivity contribution is 0.103. The van der Waals surface area contributed by atoms with E-state index in [1.54, 1.807) is 0 Å². The molecule has 2 heteroatoms. The number of hydrogen-bond acceptors (Lipinski definition) is 2. The number of piperazine rings is 1. The van der Waals surface area contributed by atoms with Gasteiger partial charge in [0.2, 0.25) is 0 Å². The largest absolute Gasteiger partial charge is 0.311 e. The Hall–Kier alpha value is -0.860. The number of nitrogens with zero attached hydrogens (tertiary/aromatic N) is 1. The first-order valence-corrected chi connectivity index (χ1v) is 6.63. The third-order valence-electron chi connectivity index (χ3n) is 3.87. The van der Waals surface area contributed by atoms with Crippen molar-refractivity contribution in [2.45, 2.75) is 45.8 Å². The predicted molar refractivity (Wildman–Crippen MR) is 73.2 cm³/mol. The summed E-state index contributed by atoms with van der Waals surface area (Å²) >= 11 is 0. The monoisotopic (exact) mass is 232 g/mol. The summed E-state index contributed by atoms with van der Waals surface area (Å²) in [6, 6.07) is 10.7.